The van der Waals surface area contributed by atoms with E-state index in [2.05, 4.69) is 57.6 Å². The van der Waals surface area contributed by atoms with Crippen LogP contribution in [-0.4, -0.2) is 58.3 Å². The van der Waals surface area contributed by atoms with E-state index in [1.54, 1.807) is 0 Å². The van der Waals surface area contributed by atoms with Gasteiger partial charge in [0.25, 0.3) is 0 Å². The largest absolute Gasteiger partial charge is 0.357 e. The Bertz CT molecular complexity index is 856. The van der Waals surface area contributed by atoms with Crippen molar-refractivity contribution in [2.24, 2.45) is 12.0 Å². The van der Waals surface area contributed by atoms with E-state index in [4.69, 9.17) is 4.99 Å². The van der Waals surface area contributed by atoms with E-state index in [0.717, 1.165) is 45.1 Å². The van der Waals surface area contributed by atoms with Gasteiger partial charge in [0.15, 0.2) is 5.96 Å². The van der Waals surface area contributed by atoms with Crippen molar-refractivity contribution in [2.75, 3.05) is 32.7 Å². The quantitative estimate of drug-likeness (QED) is 0.330. The van der Waals surface area contributed by atoms with E-state index in [9.17, 15) is 0 Å². The van der Waals surface area contributed by atoms with Crippen LogP contribution in [0.5, 0.6) is 0 Å². The molecule has 4 rings (SSSR count). The number of halogens is 1. The van der Waals surface area contributed by atoms with Gasteiger partial charge < -0.3 is 10.2 Å². The first kappa shape index (κ1) is 25.0. The summed E-state index contributed by atoms with van der Waals surface area (Å²) in [6, 6.07) is 9.02. The fourth-order valence-corrected chi connectivity index (χ4v) is 4.85. The van der Waals surface area contributed by atoms with Gasteiger partial charge in [0.2, 0.25) is 0 Å². The molecule has 1 unspecified atom stereocenters. The van der Waals surface area contributed by atoms with Crippen LogP contribution in [0.25, 0.3) is 0 Å². The van der Waals surface area contributed by atoms with E-state index in [0.29, 0.717) is 5.92 Å². The summed E-state index contributed by atoms with van der Waals surface area (Å²) in [7, 11) is 1.99. The van der Waals surface area contributed by atoms with Crippen molar-refractivity contribution in [2.45, 2.75) is 58.0 Å². The van der Waals surface area contributed by atoms with Crippen molar-refractivity contribution >= 4 is 29.9 Å². The number of hydrogen-bond donors (Lipinski definition) is 1. The van der Waals surface area contributed by atoms with Crippen LogP contribution >= 0.6 is 24.0 Å². The van der Waals surface area contributed by atoms with Gasteiger partial charge in [-0.15, -0.1) is 24.0 Å². The molecule has 2 fully saturated rings. The number of likely N-dealkylation sites (tertiary alicyclic amines) is 2. The second-order valence-electron chi connectivity index (χ2n) is 9.06. The Hall–Kier alpha value is -1.61. The Morgan fingerprint density at radius 2 is 1.91 bits per heavy atom. The third-order valence-corrected chi connectivity index (χ3v) is 6.53. The highest BCUT2D eigenvalue weighted by atomic mass is 127. The smallest absolute Gasteiger partial charge is 0.194 e. The SMILES string of the molecule is CCNC(=NCc1cccc(CN2CCCCCC2)c1)N1CCC(c2cnn(C)c2)C1.I. The summed E-state index contributed by atoms with van der Waals surface area (Å²) in [5.74, 6) is 1.57. The molecule has 6 nitrogen and oxygen atoms in total. The van der Waals surface area contributed by atoms with Crippen molar-refractivity contribution in [1.82, 2.24) is 24.9 Å². The molecule has 0 bridgehead atoms. The zero-order valence-corrected chi connectivity index (χ0v) is 22.0. The number of nitrogens with one attached hydrogen (secondary N) is 1. The lowest BCUT2D eigenvalue weighted by Crippen LogP contribution is -2.40. The molecule has 0 amide bonds. The van der Waals surface area contributed by atoms with Gasteiger partial charge in [-0.1, -0.05) is 37.1 Å². The van der Waals surface area contributed by atoms with Gasteiger partial charge >= 0.3 is 0 Å². The predicted molar refractivity (Wildman–Crippen MR) is 143 cm³/mol. The number of guanidine groups is 1. The van der Waals surface area contributed by atoms with Crippen molar-refractivity contribution in [3.63, 3.8) is 0 Å². The lowest BCUT2D eigenvalue weighted by molar-refractivity contribution is 0.277. The van der Waals surface area contributed by atoms with Gasteiger partial charge in [0.1, 0.15) is 0 Å². The predicted octanol–water partition coefficient (Wildman–Crippen LogP) is 4.37. The molecule has 0 spiro atoms. The normalized spacial score (nSPS) is 20.1. The van der Waals surface area contributed by atoms with Crippen LogP contribution in [-0.2, 0) is 20.1 Å². The lowest BCUT2D eigenvalue weighted by Gasteiger charge is -2.22. The van der Waals surface area contributed by atoms with Crippen molar-refractivity contribution in [3.05, 3.63) is 53.3 Å². The number of rotatable bonds is 6. The fraction of sp³-hybridized carbons (Fsp3) is 0.600. The van der Waals surface area contributed by atoms with Crippen molar-refractivity contribution in [1.29, 1.82) is 0 Å². The molecule has 1 aromatic carbocycles. The Balaban J connectivity index is 0.00000289. The molecule has 32 heavy (non-hydrogen) atoms. The number of hydrogen-bond acceptors (Lipinski definition) is 3. The summed E-state index contributed by atoms with van der Waals surface area (Å²) in [5, 5.41) is 7.85. The first-order chi connectivity index (χ1) is 15.2. The van der Waals surface area contributed by atoms with Crippen LogP contribution in [0, 0.1) is 0 Å². The van der Waals surface area contributed by atoms with E-state index in [1.807, 2.05) is 17.9 Å². The topological polar surface area (TPSA) is 48.7 Å². The molecule has 7 heteroatoms. The zero-order valence-electron chi connectivity index (χ0n) is 19.7. The maximum atomic E-state index is 5.00. The summed E-state index contributed by atoms with van der Waals surface area (Å²) in [6.45, 7) is 9.35. The number of aryl methyl sites for hydroxylation is 1. The standard InChI is InChI=1S/C25H38N6.HI/c1-3-26-25(31-14-11-23(20-31)24-17-28-29(2)19-24)27-16-21-9-8-10-22(15-21)18-30-12-6-4-5-7-13-30;/h8-10,15,17,19,23H,3-7,11-14,16,18,20H2,1-2H3,(H,26,27);1H. The molecule has 3 heterocycles. The summed E-state index contributed by atoms with van der Waals surface area (Å²) in [4.78, 5) is 10.0. The number of aliphatic imine (C=N–C) groups is 1. The Kier molecular flexibility index (Phi) is 9.84. The molecule has 0 aliphatic carbocycles. The molecular formula is C25H39IN6. The zero-order chi connectivity index (χ0) is 21.5. The first-order valence-electron chi connectivity index (χ1n) is 12.0. The first-order valence-corrected chi connectivity index (χ1v) is 12.0. The van der Waals surface area contributed by atoms with Gasteiger partial charge in [0, 0.05) is 45.3 Å². The van der Waals surface area contributed by atoms with E-state index in [1.165, 1.54) is 55.5 Å². The average Bonchev–Trinajstić information content (AvgIpc) is 3.35. The maximum Gasteiger partial charge on any atom is 0.194 e. The third kappa shape index (κ3) is 6.94. The minimum Gasteiger partial charge on any atom is -0.357 e. The molecule has 2 aliphatic rings. The fourth-order valence-electron chi connectivity index (χ4n) is 4.85. The van der Waals surface area contributed by atoms with E-state index < -0.39 is 0 Å². The minimum absolute atomic E-state index is 0. The summed E-state index contributed by atoms with van der Waals surface area (Å²) in [5.41, 5.74) is 4.05. The highest BCUT2D eigenvalue weighted by Crippen LogP contribution is 2.26. The van der Waals surface area contributed by atoms with Crippen molar-refractivity contribution < 1.29 is 0 Å². The van der Waals surface area contributed by atoms with Gasteiger partial charge in [-0.2, -0.15) is 5.10 Å². The van der Waals surface area contributed by atoms with Crippen LogP contribution in [0.15, 0.2) is 41.7 Å². The molecule has 1 N–H and O–H groups in total. The van der Waals surface area contributed by atoms with E-state index >= 15 is 0 Å². The molecule has 0 saturated carbocycles. The summed E-state index contributed by atoms with van der Waals surface area (Å²) < 4.78 is 1.90. The van der Waals surface area contributed by atoms with Crippen molar-refractivity contribution in [3.8, 4) is 0 Å². The van der Waals surface area contributed by atoms with Crippen LogP contribution in [0.1, 0.15) is 61.6 Å². The monoisotopic (exact) mass is 550 g/mol. The van der Waals surface area contributed by atoms with Crippen LogP contribution in [0.4, 0.5) is 0 Å². The summed E-state index contributed by atoms with van der Waals surface area (Å²) >= 11 is 0. The van der Waals surface area contributed by atoms with Crippen LogP contribution in [0.3, 0.4) is 0 Å². The highest BCUT2D eigenvalue weighted by molar-refractivity contribution is 14.0. The number of benzene rings is 1. The Morgan fingerprint density at radius 1 is 1.12 bits per heavy atom. The minimum atomic E-state index is 0. The molecule has 2 aromatic rings. The molecule has 1 atom stereocenters. The Labute approximate surface area is 210 Å². The van der Waals surface area contributed by atoms with Crippen LogP contribution in [0.2, 0.25) is 0 Å². The Morgan fingerprint density at radius 3 is 2.62 bits per heavy atom. The van der Waals surface area contributed by atoms with Gasteiger partial charge in [0.05, 0.1) is 12.7 Å². The average molecular weight is 551 g/mol. The lowest BCUT2D eigenvalue weighted by atomic mass is 10.0. The molecule has 0 radical (unpaired) electrons. The molecular weight excluding hydrogens is 511 g/mol. The molecule has 176 valence electrons. The van der Waals surface area contributed by atoms with Crippen LogP contribution < -0.4 is 5.32 Å². The van der Waals surface area contributed by atoms with Gasteiger partial charge in [-0.05, 0) is 56.0 Å². The van der Waals surface area contributed by atoms with Gasteiger partial charge in [-0.3, -0.25) is 9.58 Å². The number of aromatic nitrogens is 2. The number of nitrogens with zero attached hydrogens (tertiary/aromatic N) is 5. The molecule has 2 aliphatic heterocycles. The summed E-state index contributed by atoms with van der Waals surface area (Å²) in [6.07, 6.45) is 10.8. The highest BCUT2D eigenvalue weighted by Gasteiger charge is 2.26. The molecule has 2 saturated heterocycles. The van der Waals surface area contributed by atoms with E-state index in [-0.39, 0.29) is 24.0 Å². The maximum absolute atomic E-state index is 5.00. The van der Waals surface area contributed by atoms with Gasteiger partial charge in [-0.25, -0.2) is 4.99 Å². The second-order valence-corrected chi connectivity index (χ2v) is 9.06. The third-order valence-electron chi connectivity index (χ3n) is 6.53. The molecule has 1 aromatic heterocycles. The second kappa shape index (κ2) is 12.6.